The first-order valence-corrected chi connectivity index (χ1v) is 10.7. The molecular formula is C21H29N6O2S+. The van der Waals surface area contributed by atoms with Gasteiger partial charge in [-0.3, -0.25) is 15.2 Å². The highest BCUT2D eigenvalue weighted by molar-refractivity contribution is 8.13. The second-order valence-electron chi connectivity index (χ2n) is 7.25. The van der Waals surface area contributed by atoms with Crippen LogP contribution in [0.15, 0.2) is 47.4 Å². The normalized spacial score (nSPS) is 16.2. The third-order valence-corrected chi connectivity index (χ3v) is 6.02. The molecule has 8 nitrogen and oxygen atoms in total. The van der Waals surface area contributed by atoms with Gasteiger partial charge >= 0.3 is 0 Å². The number of nitrogens with zero attached hydrogens (tertiary/aromatic N) is 1. The van der Waals surface area contributed by atoms with Crippen molar-refractivity contribution in [1.82, 2.24) is 10.3 Å². The van der Waals surface area contributed by atoms with E-state index in [2.05, 4.69) is 22.8 Å². The SMILES string of the molecule is CO[NH2+]c1ccc(SC(=N)N(C)N)c(C(=O)Nc2ccc(C3CCCNC3)cc2)c1. The molecule has 2 aromatic rings. The molecule has 1 saturated heterocycles. The number of hydrogen-bond donors (Lipinski definition) is 5. The number of quaternary nitrogens is 1. The fourth-order valence-electron chi connectivity index (χ4n) is 3.37. The second kappa shape index (κ2) is 10.6. The molecule has 1 amide bonds. The number of amidine groups is 1. The maximum atomic E-state index is 13.0. The van der Waals surface area contributed by atoms with Gasteiger partial charge in [-0.1, -0.05) is 23.9 Å². The molecule has 0 aromatic heterocycles. The van der Waals surface area contributed by atoms with E-state index in [1.807, 2.05) is 18.2 Å². The Kier molecular flexibility index (Phi) is 7.83. The fraction of sp³-hybridized carbons (Fsp3) is 0.333. The second-order valence-corrected chi connectivity index (χ2v) is 8.28. The summed E-state index contributed by atoms with van der Waals surface area (Å²) in [7, 11) is 3.15. The number of carbonyl (C=O) groups is 1. The Hall–Kier alpha value is -2.43. The molecule has 3 rings (SSSR count). The van der Waals surface area contributed by atoms with Crippen molar-refractivity contribution in [3.05, 3.63) is 53.6 Å². The Morgan fingerprint density at radius 2 is 2.10 bits per heavy atom. The number of rotatable bonds is 6. The molecule has 0 bridgehead atoms. The molecule has 1 fully saturated rings. The zero-order chi connectivity index (χ0) is 21.5. The van der Waals surface area contributed by atoms with E-state index in [0.717, 1.165) is 36.2 Å². The number of carbonyl (C=O) groups excluding carboxylic acids is 1. The molecule has 0 saturated carbocycles. The fourth-order valence-corrected chi connectivity index (χ4v) is 4.12. The number of hydrogen-bond acceptors (Lipinski definition) is 6. The molecule has 160 valence electrons. The maximum Gasteiger partial charge on any atom is 0.257 e. The lowest BCUT2D eigenvalue weighted by atomic mass is 9.91. The first-order chi connectivity index (χ1) is 14.5. The number of anilines is 1. The van der Waals surface area contributed by atoms with E-state index in [0.29, 0.717) is 16.4 Å². The van der Waals surface area contributed by atoms with Crippen LogP contribution in [0.2, 0.25) is 0 Å². The van der Waals surface area contributed by atoms with Gasteiger partial charge in [0.25, 0.3) is 5.91 Å². The van der Waals surface area contributed by atoms with Gasteiger partial charge in [-0.25, -0.2) is 10.7 Å². The van der Waals surface area contributed by atoms with Crippen molar-refractivity contribution in [3.8, 4) is 0 Å². The number of hydrazine groups is 1. The summed E-state index contributed by atoms with van der Waals surface area (Å²) in [6.45, 7) is 2.08. The van der Waals surface area contributed by atoms with Crippen LogP contribution in [0.3, 0.4) is 0 Å². The molecule has 1 aliphatic rings. The highest BCUT2D eigenvalue weighted by Gasteiger charge is 2.18. The number of nitrogens with one attached hydrogen (secondary N) is 3. The molecule has 2 aromatic carbocycles. The van der Waals surface area contributed by atoms with Crippen LogP contribution >= 0.6 is 11.8 Å². The van der Waals surface area contributed by atoms with Crippen molar-refractivity contribution in [2.45, 2.75) is 23.7 Å². The number of nitrogens with two attached hydrogens (primary N) is 2. The number of piperidine rings is 1. The summed E-state index contributed by atoms with van der Waals surface area (Å²) in [5.41, 5.74) is 4.81. The maximum absolute atomic E-state index is 13.0. The number of benzene rings is 2. The first kappa shape index (κ1) is 22.3. The Bertz CT molecular complexity index is 882. The first-order valence-electron chi connectivity index (χ1n) is 9.85. The summed E-state index contributed by atoms with van der Waals surface area (Å²) in [6.07, 6.45) is 2.37. The van der Waals surface area contributed by atoms with E-state index < -0.39 is 0 Å². The van der Waals surface area contributed by atoms with E-state index in [4.69, 9.17) is 16.1 Å². The van der Waals surface area contributed by atoms with Crippen LogP contribution in [-0.4, -0.2) is 43.3 Å². The largest absolute Gasteiger partial charge is 0.322 e. The van der Waals surface area contributed by atoms with E-state index in [-0.39, 0.29) is 11.1 Å². The van der Waals surface area contributed by atoms with Crippen LogP contribution < -0.4 is 22.0 Å². The lowest BCUT2D eigenvalue weighted by Crippen LogP contribution is -2.75. The zero-order valence-electron chi connectivity index (χ0n) is 17.3. The van der Waals surface area contributed by atoms with E-state index >= 15 is 0 Å². The van der Waals surface area contributed by atoms with Crippen molar-refractivity contribution < 1.29 is 15.1 Å². The summed E-state index contributed by atoms with van der Waals surface area (Å²) in [6, 6.07) is 13.4. The summed E-state index contributed by atoms with van der Waals surface area (Å²) < 4.78 is 0. The lowest BCUT2D eigenvalue weighted by Gasteiger charge is -2.23. The van der Waals surface area contributed by atoms with Crippen LogP contribution in [0.4, 0.5) is 11.4 Å². The van der Waals surface area contributed by atoms with Crippen molar-refractivity contribution in [2.24, 2.45) is 5.84 Å². The van der Waals surface area contributed by atoms with Crippen LogP contribution in [0.5, 0.6) is 0 Å². The predicted molar refractivity (Wildman–Crippen MR) is 120 cm³/mol. The zero-order valence-corrected chi connectivity index (χ0v) is 18.1. The monoisotopic (exact) mass is 429 g/mol. The van der Waals surface area contributed by atoms with Crippen LogP contribution in [0.25, 0.3) is 0 Å². The van der Waals surface area contributed by atoms with Gasteiger partial charge in [0.1, 0.15) is 0 Å². The Labute approximate surface area is 181 Å². The molecule has 7 N–H and O–H groups in total. The van der Waals surface area contributed by atoms with Crippen LogP contribution in [0, 0.1) is 5.41 Å². The van der Waals surface area contributed by atoms with E-state index in [1.165, 1.54) is 23.4 Å². The molecule has 1 heterocycles. The number of amides is 1. The van der Waals surface area contributed by atoms with Gasteiger partial charge in [-0.05, 0) is 49.1 Å². The quantitative estimate of drug-likeness (QED) is 0.120. The molecule has 9 heteroatoms. The summed E-state index contributed by atoms with van der Waals surface area (Å²) in [5.74, 6) is 5.92. The molecule has 0 radical (unpaired) electrons. The minimum absolute atomic E-state index is 0.137. The van der Waals surface area contributed by atoms with Gasteiger partial charge in [0, 0.05) is 36.3 Å². The highest BCUT2D eigenvalue weighted by Crippen LogP contribution is 2.28. The minimum Gasteiger partial charge on any atom is -0.322 e. The topological polar surface area (TPSA) is 120 Å². The van der Waals surface area contributed by atoms with Crippen LogP contribution in [-0.2, 0) is 4.84 Å². The van der Waals surface area contributed by atoms with Gasteiger partial charge in [0.05, 0.1) is 12.7 Å². The van der Waals surface area contributed by atoms with Gasteiger partial charge < -0.3 is 10.6 Å². The van der Waals surface area contributed by atoms with Gasteiger partial charge in [-0.2, -0.15) is 5.48 Å². The van der Waals surface area contributed by atoms with Crippen molar-refractivity contribution in [1.29, 1.82) is 5.41 Å². The summed E-state index contributed by atoms with van der Waals surface area (Å²) in [5, 5.41) is 15.7. The molecular weight excluding hydrogens is 400 g/mol. The third kappa shape index (κ3) is 5.80. The Morgan fingerprint density at radius 1 is 1.33 bits per heavy atom. The van der Waals surface area contributed by atoms with Crippen LogP contribution in [0.1, 0.15) is 34.7 Å². The van der Waals surface area contributed by atoms with Crippen molar-refractivity contribution in [3.63, 3.8) is 0 Å². The van der Waals surface area contributed by atoms with E-state index in [9.17, 15) is 4.79 Å². The number of thioether (sulfide) groups is 1. The molecule has 1 atom stereocenters. The van der Waals surface area contributed by atoms with Crippen molar-refractivity contribution in [2.75, 3.05) is 32.6 Å². The average Bonchev–Trinajstić information content (AvgIpc) is 2.76. The molecule has 1 aliphatic heterocycles. The van der Waals surface area contributed by atoms with Gasteiger partial charge in [0.15, 0.2) is 10.9 Å². The van der Waals surface area contributed by atoms with Gasteiger partial charge in [0.2, 0.25) is 0 Å². The third-order valence-electron chi connectivity index (χ3n) is 4.97. The molecule has 0 aliphatic carbocycles. The minimum atomic E-state index is -0.247. The molecule has 0 spiro atoms. The Morgan fingerprint density at radius 3 is 2.73 bits per heavy atom. The van der Waals surface area contributed by atoms with E-state index in [1.54, 1.807) is 31.8 Å². The highest BCUT2D eigenvalue weighted by atomic mass is 32.2. The standard InChI is InChI=1S/C21H28N6O2S/c1-27(23)21(22)30-19-10-9-17(26-29-2)12-18(19)20(28)25-16-7-5-14(6-8-16)15-4-3-11-24-13-15/h5-10,12,15,22,24,26H,3-4,11,13,23H2,1-2H3,(H,25,28)/p+1. The molecule has 1 unspecified atom stereocenters. The smallest absolute Gasteiger partial charge is 0.257 e. The molecule has 30 heavy (non-hydrogen) atoms. The Balaban J connectivity index is 1.77. The summed E-state index contributed by atoms with van der Waals surface area (Å²) >= 11 is 1.13. The predicted octanol–water partition coefficient (Wildman–Crippen LogP) is 1.99. The summed E-state index contributed by atoms with van der Waals surface area (Å²) in [4.78, 5) is 18.7. The van der Waals surface area contributed by atoms with Crippen molar-refractivity contribution >= 4 is 34.2 Å². The van der Waals surface area contributed by atoms with Gasteiger partial charge in [-0.15, -0.1) is 0 Å². The average molecular weight is 430 g/mol. The lowest BCUT2D eigenvalue weighted by molar-refractivity contribution is -0.830.